The number of carboxylic acids is 1. The number of aryl methyl sites for hydroxylation is 1. The molecule has 0 fully saturated rings. The van der Waals surface area contributed by atoms with Crippen LogP contribution in [0.4, 0.5) is 10.6 Å². The lowest BCUT2D eigenvalue weighted by atomic mass is 9.98. The molecular formula is C22H21N5O5. The molecule has 0 radical (unpaired) electrons. The Labute approximate surface area is 183 Å². The number of anilines is 1. The molecule has 3 N–H and O–H groups in total. The number of carboxylic acid groups (broad SMARTS) is 1. The third kappa shape index (κ3) is 4.43. The Bertz CT molecular complexity index is 1130. The summed E-state index contributed by atoms with van der Waals surface area (Å²) in [5.41, 5.74) is 4.27. The van der Waals surface area contributed by atoms with Crippen molar-refractivity contribution >= 4 is 23.8 Å². The summed E-state index contributed by atoms with van der Waals surface area (Å²) >= 11 is 0. The maximum absolute atomic E-state index is 12.5. The van der Waals surface area contributed by atoms with E-state index in [1.807, 2.05) is 48.5 Å². The third-order valence-electron chi connectivity index (χ3n) is 5.18. The Morgan fingerprint density at radius 3 is 2.28 bits per heavy atom. The van der Waals surface area contributed by atoms with Crippen LogP contribution in [0, 0.1) is 0 Å². The Morgan fingerprint density at radius 2 is 1.72 bits per heavy atom. The van der Waals surface area contributed by atoms with Crippen molar-refractivity contribution in [3.05, 3.63) is 65.9 Å². The van der Waals surface area contributed by atoms with E-state index in [2.05, 4.69) is 20.9 Å². The van der Waals surface area contributed by atoms with E-state index in [0.717, 1.165) is 22.3 Å². The summed E-state index contributed by atoms with van der Waals surface area (Å²) in [6, 6.07) is 14.4. The highest BCUT2D eigenvalue weighted by atomic mass is 16.5. The average molecular weight is 435 g/mol. The maximum atomic E-state index is 12.5. The second kappa shape index (κ2) is 8.88. The summed E-state index contributed by atoms with van der Waals surface area (Å²) in [4.78, 5) is 36.1. The smallest absolute Gasteiger partial charge is 0.407 e. The van der Waals surface area contributed by atoms with E-state index in [4.69, 9.17) is 9.84 Å². The van der Waals surface area contributed by atoms with E-state index in [9.17, 15) is 14.4 Å². The molecular weight excluding hydrogens is 414 g/mol. The first kappa shape index (κ1) is 21.0. The van der Waals surface area contributed by atoms with Crippen molar-refractivity contribution in [1.82, 2.24) is 20.3 Å². The molecule has 32 heavy (non-hydrogen) atoms. The second-order valence-corrected chi connectivity index (χ2v) is 7.39. The fraction of sp³-hybridized carbons (Fsp3) is 0.227. The predicted octanol–water partition coefficient (Wildman–Crippen LogP) is 2.14. The zero-order valence-corrected chi connectivity index (χ0v) is 17.2. The highest BCUT2D eigenvalue weighted by Crippen LogP contribution is 2.44. The molecule has 10 heteroatoms. The normalized spacial score (nSPS) is 13.0. The standard InChI is InChI=1S/C22H21N5O5/c1-27-11-19(25-26-27)24-21(30)18(10-20(28)29)23-22(31)32-12-17-15-8-4-2-6-13(15)14-7-3-5-9-16(14)17/h2-9,11,17-18H,10,12H2,1H3,(H,23,31)(H,24,30)(H,28,29). The van der Waals surface area contributed by atoms with Crippen LogP contribution in [0.25, 0.3) is 11.1 Å². The molecule has 1 aliphatic carbocycles. The first-order valence-corrected chi connectivity index (χ1v) is 9.93. The minimum absolute atomic E-state index is 0.0471. The molecule has 3 aromatic rings. The molecule has 164 valence electrons. The number of aliphatic carboxylic acids is 1. The van der Waals surface area contributed by atoms with Gasteiger partial charge in [0.25, 0.3) is 0 Å². The number of fused-ring (bicyclic) bond motifs is 3. The van der Waals surface area contributed by atoms with Gasteiger partial charge in [-0.3, -0.25) is 14.3 Å². The quantitative estimate of drug-likeness (QED) is 0.517. The maximum Gasteiger partial charge on any atom is 0.407 e. The zero-order chi connectivity index (χ0) is 22.7. The lowest BCUT2D eigenvalue weighted by molar-refractivity contribution is -0.139. The molecule has 1 aromatic heterocycles. The van der Waals surface area contributed by atoms with Crippen molar-refractivity contribution < 1.29 is 24.2 Å². The molecule has 1 unspecified atom stereocenters. The van der Waals surface area contributed by atoms with E-state index in [-0.39, 0.29) is 18.3 Å². The predicted molar refractivity (Wildman–Crippen MR) is 114 cm³/mol. The van der Waals surface area contributed by atoms with Gasteiger partial charge in [0, 0.05) is 13.0 Å². The summed E-state index contributed by atoms with van der Waals surface area (Å²) in [5, 5.41) is 21.3. The van der Waals surface area contributed by atoms with Crippen molar-refractivity contribution in [2.45, 2.75) is 18.4 Å². The topological polar surface area (TPSA) is 135 Å². The van der Waals surface area contributed by atoms with Crippen LogP contribution in [0.3, 0.4) is 0 Å². The molecule has 0 saturated heterocycles. The van der Waals surface area contributed by atoms with Gasteiger partial charge in [-0.25, -0.2) is 4.79 Å². The van der Waals surface area contributed by atoms with Crippen LogP contribution in [0.1, 0.15) is 23.5 Å². The number of hydrogen-bond donors (Lipinski definition) is 3. The lowest BCUT2D eigenvalue weighted by Gasteiger charge is -2.18. The summed E-state index contributed by atoms with van der Waals surface area (Å²) in [6.07, 6.45) is -0.0494. The van der Waals surface area contributed by atoms with Crippen LogP contribution in [-0.2, 0) is 21.4 Å². The number of carbonyl (C=O) groups is 3. The summed E-state index contributed by atoms with van der Waals surface area (Å²) < 4.78 is 6.78. The number of aromatic nitrogens is 3. The minimum Gasteiger partial charge on any atom is -0.481 e. The number of nitrogens with zero attached hydrogens (tertiary/aromatic N) is 3. The van der Waals surface area contributed by atoms with Crippen LogP contribution in [0.15, 0.2) is 54.7 Å². The molecule has 10 nitrogen and oxygen atoms in total. The fourth-order valence-electron chi connectivity index (χ4n) is 3.78. The molecule has 1 heterocycles. The largest absolute Gasteiger partial charge is 0.481 e. The Kier molecular flexibility index (Phi) is 5.84. The number of ether oxygens (including phenoxy) is 1. The van der Waals surface area contributed by atoms with Crippen molar-refractivity contribution in [2.24, 2.45) is 7.05 Å². The third-order valence-corrected chi connectivity index (χ3v) is 5.18. The van der Waals surface area contributed by atoms with E-state index >= 15 is 0 Å². The summed E-state index contributed by atoms with van der Waals surface area (Å²) in [7, 11) is 1.62. The number of rotatable bonds is 7. The summed E-state index contributed by atoms with van der Waals surface area (Å²) in [5.74, 6) is -1.99. The van der Waals surface area contributed by atoms with Gasteiger partial charge in [0.2, 0.25) is 5.91 Å². The highest BCUT2D eigenvalue weighted by Gasteiger charge is 2.30. The first-order chi connectivity index (χ1) is 15.4. The monoisotopic (exact) mass is 435 g/mol. The van der Waals surface area contributed by atoms with E-state index < -0.39 is 30.4 Å². The van der Waals surface area contributed by atoms with E-state index in [1.54, 1.807) is 7.05 Å². The van der Waals surface area contributed by atoms with Gasteiger partial charge >= 0.3 is 12.1 Å². The Hall–Kier alpha value is -4.21. The van der Waals surface area contributed by atoms with Crippen LogP contribution in [0.2, 0.25) is 0 Å². The molecule has 1 atom stereocenters. The van der Waals surface area contributed by atoms with Gasteiger partial charge in [-0.15, -0.1) is 5.10 Å². The fourth-order valence-corrected chi connectivity index (χ4v) is 3.78. The first-order valence-electron chi connectivity index (χ1n) is 9.93. The number of nitrogens with one attached hydrogen (secondary N) is 2. The van der Waals surface area contributed by atoms with Gasteiger partial charge in [0.15, 0.2) is 5.82 Å². The Morgan fingerprint density at radius 1 is 1.09 bits per heavy atom. The Balaban J connectivity index is 1.42. The second-order valence-electron chi connectivity index (χ2n) is 7.39. The van der Waals surface area contributed by atoms with Crippen LogP contribution < -0.4 is 10.6 Å². The number of alkyl carbamates (subject to hydrolysis) is 1. The van der Waals surface area contributed by atoms with Crippen LogP contribution in [-0.4, -0.2) is 50.7 Å². The van der Waals surface area contributed by atoms with E-state index in [0.29, 0.717) is 0 Å². The van der Waals surface area contributed by atoms with E-state index in [1.165, 1.54) is 10.9 Å². The van der Waals surface area contributed by atoms with Gasteiger partial charge < -0.3 is 20.5 Å². The van der Waals surface area contributed by atoms with Crippen LogP contribution >= 0.6 is 0 Å². The zero-order valence-electron chi connectivity index (χ0n) is 17.2. The number of carbonyl (C=O) groups excluding carboxylic acids is 2. The van der Waals surface area contributed by atoms with Crippen LogP contribution in [0.5, 0.6) is 0 Å². The average Bonchev–Trinajstić information content (AvgIpc) is 3.32. The van der Waals surface area contributed by atoms with Gasteiger partial charge in [0.05, 0.1) is 12.6 Å². The molecule has 1 aliphatic rings. The highest BCUT2D eigenvalue weighted by molar-refractivity contribution is 5.97. The minimum atomic E-state index is -1.34. The van der Waals surface area contributed by atoms with Gasteiger partial charge in [-0.05, 0) is 22.3 Å². The van der Waals surface area contributed by atoms with Gasteiger partial charge in [-0.1, -0.05) is 53.7 Å². The van der Waals surface area contributed by atoms with Crippen molar-refractivity contribution in [3.63, 3.8) is 0 Å². The lowest BCUT2D eigenvalue weighted by Crippen LogP contribution is -2.45. The molecule has 0 saturated carbocycles. The molecule has 0 aliphatic heterocycles. The molecule has 4 rings (SSSR count). The van der Waals surface area contributed by atoms with Crippen molar-refractivity contribution in [3.8, 4) is 11.1 Å². The SMILES string of the molecule is Cn1cc(NC(=O)C(CC(=O)O)NC(=O)OCC2c3ccccc3-c3ccccc32)nn1. The van der Waals surface area contributed by atoms with Gasteiger partial charge in [-0.2, -0.15) is 0 Å². The molecule has 0 bridgehead atoms. The molecule has 2 aromatic carbocycles. The van der Waals surface area contributed by atoms with Crippen molar-refractivity contribution in [1.29, 1.82) is 0 Å². The molecule has 2 amide bonds. The number of hydrogen-bond acceptors (Lipinski definition) is 6. The number of benzene rings is 2. The summed E-state index contributed by atoms with van der Waals surface area (Å²) in [6.45, 7) is 0.0471. The number of amides is 2. The molecule has 0 spiro atoms. The van der Waals surface area contributed by atoms with Crippen molar-refractivity contribution in [2.75, 3.05) is 11.9 Å². The van der Waals surface area contributed by atoms with Gasteiger partial charge in [0.1, 0.15) is 12.6 Å².